The van der Waals surface area contributed by atoms with Gasteiger partial charge in [0.15, 0.2) is 0 Å². The van der Waals surface area contributed by atoms with Crippen LogP contribution in [0.3, 0.4) is 0 Å². The van der Waals surface area contributed by atoms with Gasteiger partial charge in [0, 0.05) is 32.4 Å². The normalized spacial score (nSPS) is 24.7. The number of hydrogen-bond donors (Lipinski definition) is 2. The molecule has 0 aromatic heterocycles. The van der Waals surface area contributed by atoms with E-state index in [1.54, 1.807) is 7.11 Å². The van der Waals surface area contributed by atoms with Crippen LogP contribution in [0.25, 0.3) is 0 Å². The van der Waals surface area contributed by atoms with Gasteiger partial charge in [-0.25, -0.2) is 0 Å². The van der Waals surface area contributed by atoms with Crippen molar-refractivity contribution in [1.82, 2.24) is 10.6 Å². The first kappa shape index (κ1) is 19.2. The molecule has 2 N–H and O–H groups in total. The molecule has 0 aliphatic carbocycles. The fourth-order valence-electron chi connectivity index (χ4n) is 1.53. The standard InChI is InChI=1S/C5H9NO2.C5H9NO.C2H6.CH4/c1-8-5-3-2-4(7)6-5;1-4-2-3-5(7)6-4;1-2;/h5H,2-3H2,1H3,(H,6,7);4H,2-3H2,1H3,(H,6,7);1-2H3;1H4. The molecule has 2 atom stereocenters. The van der Waals surface area contributed by atoms with Crippen LogP contribution >= 0.6 is 0 Å². The van der Waals surface area contributed by atoms with Gasteiger partial charge in [-0.05, 0) is 13.3 Å². The predicted octanol–water partition coefficient (Wildman–Crippen LogP) is 1.82. The molecule has 18 heavy (non-hydrogen) atoms. The van der Waals surface area contributed by atoms with E-state index in [0.29, 0.717) is 12.5 Å². The van der Waals surface area contributed by atoms with E-state index in [0.717, 1.165) is 19.3 Å². The van der Waals surface area contributed by atoms with Gasteiger partial charge in [-0.15, -0.1) is 0 Å². The zero-order valence-corrected chi connectivity index (χ0v) is 11.2. The number of carbonyl (C=O) groups excluding carboxylic acids is 2. The lowest BCUT2D eigenvalue weighted by atomic mass is 10.3. The molecule has 5 heteroatoms. The van der Waals surface area contributed by atoms with Gasteiger partial charge in [-0.3, -0.25) is 9.59 Å². The fourth-order valence-corrected chi connectivity index (χ4v) is 1.53. The SMILES string of the molecule is C.CC.CC1CCC(=O)N1.COC1CCC(=O)N1. The maximum atomic E-state index is 10.4. The number of methoxy groups -OCH3 is 1. The van der Waals surface area contributed by atoms with Crippen molar-refractivity contribution in [2.24, 2.45) is 0 Å². The van der Waals surface area contributed by atoms with E-state index in [9.17, 15) is 9.59 Å². The van der Waals surface area contributed by atoms with Gasteiger partial charge in [-0.1, -0.05) is 21.3 Å². The first-order valence-corrected chi connectivity index (χ1v) is 6.23. The van der Waals surface area contributed by atoms with Gasteiger partial charge in [0.05, 0.1) is 0 Å². The second-order valence-corrected chi connectivity index (χ2v) is 3.84. The van der Waals surface area contributed by atoms with Crippen LogP contribution in [0, 0.1) is 0 Å². The summed E-state index contributed by atoms with van der Waals surface area (Å²) in [6.07, 6.45) is 3.14. The van der Waals surface area contributed by atoms with Crippen molar-refractivity contribution in [2.75, 3.05) is 7.11 Å². The van der Waals surface area contributed by atoms with Gasteiger partial charge in [-0.2, -0.15) is 0 Å². The Morgan fingerprint density at radius 3 is 1.72 bits per heavy atom. The van der Waals surface area contributed by atoms with Gasteiger partial charge in [0.1, 0.15) is 6.23 Å². The Bertz CT molecular complexity index is 244. The molecule has 2 rings (SSSR count). The van der Waals surface area contributed by atoms with E-state index in [-0.39, 0.29) is 25.5 Å². The van der Waals surface area contributed by atoms with Crippen LogP contribution in [-0.4, -0.2) is 31.2 Å². The second-order valence-electron chi connectivity index (χ2n) is 3.84. The summed E-state index contributed by atoms with van der Waals surface area (Å²) in [5, 5.41) is 5.42. The maximum absolute atomic E-state index is 10.4. The minimum atomic E-state index is -0.0255. The lowest BCUT2D eigenvalue weighted by molar-refractivity contribution is -0.120. The lowest BCUT2D eigenvalue weighted by Gasteiger charge is -2.04. The van der Waals surface area contributed by atoms with Gasteiger partial charge in [0.25, 0.3) is 0 Å². The van der Waals surface area contributed by atoms with Crippen LogP contribution in [0.4, 0.5) is 0 Å². The molecule has 0 aromatic rings. The van der Waals surface area contributed by atoms with Crippen LogP contribution in [0.15, 0.2) is 0 Å². The van der Waals surface area contributed by atoms with Gasteiger partial charge < -0.3 is 15.4 Å². The van der Waals surface area contributed by atoms with Crippen molar-refractivity contribution in [3.63, 3.8) is 0 Å². The number of nitrogens with one attached hydrogen (secondary N) is 2. The molecule has 2 fully saturated rings. The van der Waals surface area contributed by atoms with Gasteiger partial charge in [0.2, 0.25) is 11.8 Å². The second kappa shape index (κ2) is 11.0. The summed E-state index contributed by atoms with van der Waals surface area (Å²) in [6, 6.07) is 0.424. The molecule has 2 amide bonds. The van der Waals surface area contributed by atoms with Crippen LogP contribution < -0.4 is 10.6 Å². The highest BCUT2D eigenvalue weighted by molar-refractivity contribution is 5.78. The quantitative estimate of drug-likeness (QED) is 0.755. The van der Waals surface area contributed by atoms with E-state index >= 15 is 0 Å². The Kier molecular flexibility index (Phi) is 11.8. The maximum Gasteiger partial charge on any atom is 0.222 e. The molecule has 2 heterocycles. The Morgan fingerprint density at radius 1 is 1.06 bits per heavy atom. The van der Waals surface area contributed by atoms with Crippen LogP contribution in [0.5, 0.6) is 0 Å². The third kappa shape index (κ3) is 8.06. The molecule has 2 aliphatic rings. The summed E-state index contributed by atoms with van der Waals surface area (Å²) in [4.78, 5) is 20.8. The molecule has 2 unspecified atom stereocenters. The Morgan fingerprint density at radius 2 is 1.56 bits per heavy atom. The number of rotatable bonds is 1. The predicted molar refractivity (Wildman–Crippen MR) is 73.1 cm³/mol. The van der Waals surface area contributed by atoms with Crippen molar-refractivity contribution in [3.05, 3.63) is 0 Å². The number of carbonyl (C=O) groups is 2. The van der Waals surface area contributed by atoms with Crippen LogP contribution in [0.1, 0.15) is 53.9 Å². The molecule has 5 nitrogen and oxygen atoms in total. The first-order valence-electron chi connectivity index (χ1n) is 6.23. The van der Waals surface area contributed by atoms with E-state index in [1.165, 1.54) is 0 Å². The highest BCUT2D eigenvalue weighted by Gasteiger charge is 2.18. The van der Waals surface area contributed by atoms with E-state index in [4.69, 9.17) is 4.74 Å². The summed E-state index contributed by atoms with van der Waals surface area (Å²) in [6.45, 7) is 6.02. The van der Waals surface area contributed by atoms with Crippen molar-refractivity contribution >= 4 is 11.8 Å². The monoisotopic (exact) mass is 260 g/mol. The fraction of sp³-hybridized carbons (Fsp3) is 0.846. The van der Waals surface area contributed by atoms with Crippen molar-refractivity contribution in [2.45, 2.75) is 66.2 Å². The summed E-state index contributed by atoms with van der Waals surface area (Å²) in [5.41, 5.74) is 0. The number of ether oxygens (including phenoxy) is 1. The topological polar surface area (TPSA) is 67.4 Å². The third-order valence-corrected chi connectivity index (χ3v) is 2.45. The smallest absolute Gasteiger partial charge is 0.222 e. The summed E-state index contributed by atoms with van der Waals surface area (Å²) < 4.78 is 4.85. The lowest BCUT2D eigenvalue weighted by Crippen LogP contribution is -2.26. The van der Waals surface area contributed by atoms with Crippen molar-refractivity contribution in [3.8, 4) is 0 Å². The molecule has 0 bridgehead atoms. The van der Waals surface area contributed by atoms with Crippen molar-refractivity contribution in [1.29, 1.82) is 0 Å². The number of hydrogen-bond acceptors (Lipinski definition) is 3. The molecule has 0 aromatic carbocycles. The molecule has 0 spiro atoms. The van der Waals surface area contributed by atoms with Crippen LogP contribution in [-0.2, 0) is 14.3 Å². The Hall–Kier alpha value is -1.10. The minimum absolute atomic E-state index is 0. The summed E-state index contributed by atoms with van der Waals surface area (Å²) in [7, 11) is 1.59. The molecule has 108 valence electrons. The molecule has 0 radical (unpaired) electrons. The first-order chi connectivity index (χ1) is 8.11. The van der Waals surface area contributed by atoms with Crippen molar-refractivity contribution < 1.29 is 14.3 Å². The largest absolute Gasteiger partial charge is 0.362 e. The zero-order valence-electron chi connectivity index (χ0n) is 11.2. The molecule has 0 saturated carbocycles. The van der Waals surface area contributed by atoms with E-state index in [1.807, 2.05) is 20.8 Å². The summed E-state index contributed by atoms with van der Waals surface area (Å²) in [5.74, 6) is 0.296. The van der Waals surface area contributed by atoms with Gasteiger partial charge >= 0.3 is 0 Å². The third-order valence-electron chi connectivity index (χ3n) is 2.45. The summed E-state index contributed by atoms with van der Waals surface area (Å²) >= 11 is 0. The molecular formula is C13H28N2O3. The molecule has 2 saturated heterocycles. The average Bonchev–Trinajstić information content (AvgIpc) is 2.91. The van der Waals surface area contributed by atoms with Crippen LogP contribution in [0.2, 0.25) is 0 Å². The Labute approximate surface area is 111 Å². The highest BCUT2D eigenvalue weighted by Crippen LogP contribution is 2.05. The van der Waals surface area contributed by atoms with E-state index in [2.05, 4.69) is 10.6 Å². The highest BCUT2D eigenvalue weighted by atomic mass is 16.5. The van der Waals surface area contributed by atoms with E-state index < -0.39 is 0 Å². The zero-order chi connectivity index (χ0) is 13.3. The average molecular weight is 260 g/mol. The number of amides is 2. The Balaban J connectivity index is 0. The molecule has 2 aliphatic heterocycles. The minimum Gasteiger partial charge on any atom is -0.362 e. The molecular weight excluding hydrogens is 232 g/mol.